The van der Waals surface area contributed by atoms with Crippen LogP contribution in [0, 0.1) is 0 Å². The van der Waals surface area contributed by atoms with Crippen LogP contribution < -0.4 is 15.0 Å². The Balaban J connectivity index is 1.35. The summed E-state index contributed by atoms with van der Waals surface area (Å²) < 4.78 is 12.5. The maximum Gasteiger partial charge on any atom is 0.253 e. The van der Waals surface area contributed by atoms with Crippen LogP contribution in [0.3, 0.4) is 0 Å². The van der Waals surface area contributed by atoms with Gasteiger partial charge in [-0.15, -0.1) is 5.10 Å². The van der Waals surface area contributed by atoms with Crippen molar-refractivity contribution in [2.75, 3.05) is 40.4 Å². The number of hydrogen-bond donors (Lipinski definition) is 1. The monoisotopic (exact) mass is 543 g/mol. The number of aromatic amines is 1. The van der Waals surface area contributed by atoms with Crippen molar-refractivity contribution in [3.8, 4) is 11.5 Å². The third-order valence-corrected chi connectivity index (χ3v) is 8.48. The molecule has 1 aliphatic heterocycles. The molecule has 1 saturated carbocycles. The molecule has 1 aliphatic carbocycles. The van der Waals surface area contributed by atoms with Crippen molar-refractivity contribution in [1.29, 1.82) is 0 Å². The van der Waals surface area contributed by atoms with Crippen LogP contribution in [0.15, 0.2) is 53.3 Å². The molecule has 2 aliphatic rings. The van der Waals surface area contributed by atoms with Crippen LogP contribution in [0.1, 0.15) is 55.1 Å². The fourth-order valence-corrected chi connectivity index (χ4v) is 6.26. The molecular weight excluding hydrogens is 506 g/mol. The van der Waals surface area contributed by atoms with Gasteiger partial charge in [0.25, 0.3) is 5.56 Å². The number of ether oxygens (including phenoxy) is 2. The first-order chi connectivity index (χ1) is 19.6. The number of rotatable bonds is 8. The first-order valence-corrected chi connectivity index (χ1v) is 14.2. The number of methoxy groups -OCH3 is 2. The molecule has 0 bridgehead atoms. The first-order valence-electron chi connectivity index (χ1n) is 14.2. The molecule has 2 aromatic carbocycles. The third-order valence-electron chi connectivity index (χ3n) is 8.48. The van der Waals surface area contributed by atoms with Crippen LogP contribution in [0.2, 0.25) is 0 Å². The van der Waals surface area contributed by atoms with E-state index < -0.39 is 0 Å². The summed E-state index contributed by atoms with van der Waals surface area (Å²) in [6.07, 6.45) is 6.58. The number of tetrazole rings is 1. The molecule has 0 amide bonds. The Morgan fingerprint density at radius 3 is 2.38 bits per heavy atom. The summed E-state index contributed by atoms with van der Waals surface area (Å²) in [6.45, 7) is 4.13. The van der Waals surface area contributed by atoms with Gasteiger partial charge in [-0.25, -0.2) is 4.68 Å². The highest BCUT2D eigenvalue weighted by molar-refractivity contribution is 5.80. The zero-order valence-corrected chi connectivity index (χ0v) is 23.3. The van der Waals surface area contributed by atoms with Gasteiger partial charge in [-0.3, -0.25) is 14.6 Å². The number of fused-ring (bicyclic) bond motifs is 1. The van der Waals surface area contributed by atoms with E-state index >= 15 is 0 Å². The van der Waals surface area contributed by atoms with Crippen LogP contribution in [0.25, 0.3) is 10.9 Å². The minimum absolute atomic E-state index is 0.139. The summed E-state index contributed by atoms with van der Waals surface area (Å²) in [6, 6.07) is 15.9. The molecule has 0 spiro atoms. The van der Waals surface area contributed by atoms with Gasteiger partial charge in [0, 0.05) is 43.9 Å². The standard InChI is InChI=1S/C30H37N7O3/c1-39-24-11-8-21(9-12-24)20-37-29(32-33-34-37)28(36-16-14-35(15-17-36)23-6-4-3-5-7-23)26-18-22-10-13-25(40-2)19-27(22)31-30(26)38/h8-13,18-19,23,28H,3-7,14-17,20H2,1-2H3,(H,31,38)/t28-/m0/s1. The second-order valence-electron chi connectivity index (χ2n) is 10.8. The fourth-order valence-electron chi connectivity index (χ4n) is 6.26. The Bertz CT molecular complexity index is 1490. The smallest absolute Gasteiger partial charge is 0.253 e. The van der Waals surface area contributed by atoms with Gasteiger partial charge in [0.2, 0.25) is 0 Å². The molecule has 210 valence electrons. The number of piperazine rings is 1. The number of benzene rings is 2. The van der Waals surface area contributed by atoms with Gasteiger partial charge < -0.3 is 14.5 Å². The lowest BCUT2D eigenvalue weighted by atomic mass is 9.93. The lowest BCUT2D eigenvalue weighted by Crippen LogP contribution is -2.52. The number of nitrogens with zero attached hydrogens (tertiary/aromatic N) is 6. The molecule has 2 fully saturated rings. The molecule has 1 saturated heterocycles. The van der Waals surface area contributed by atoms with Crippen LogP contribution in [0.5, 0.6) is 11.5 Å². The van der Waals surface area contributed by atoms with E-state index in [4.69, 9.17) is 9.47 Å². The highest BCUT2D eigenvalue weighted by Crippen LogP contribution is 2.31. The van der Waals surface area contributed by atoms with E-state index in [0.717, 1.165) is 48.4 Å². The topological polar surface area (TPSA) is 101 Å². The van der Waals surface area contributed by atoms with Gasteiger partial charge in [-0.1, -0.05) is 31.4 Å². The maximum absolute atomic E-state index is 13.6. The Kier molecular flexibility index (Phi) is 7.79. The van der Waals surface area contributed by atoms with Crippen LogP contribution in [-0.2, 0) is 6.54 Å². The molecular formula is C30H37N7O3. The second kappa shape index (κ2) is 11.8. The number of hydrogen-bond acceptors (Lipinski definition) is 8. The Hall–Kier alpha value is -3.76. The van der Waals surface area contributed by atoms with E-state index in [-0.39, 0.29) is 11.6 Å². The molecule has 10 nitrogen and oxygen atoms in total. The summed E-state index contributed by atoms with van der Waals surface area (Å²) in [5.74, 6) is 2.17. The average Bonchev–Trinajstić information content (AvgIpc) is 3.46. The van der Waals surface area contributed by atoms with Gasteiger partial charge in [-0.05, 0) is 64.5 Å². The van der Waals surface area contributed by atoms with E-state index in [0.29, 0.717) is 29.7 Å². The van der Waals surface area contributed by atoms with Crippen molar-refractivity contribution >= 4 is 10.9 Å². The first kappa shape index (κ1) is 26.5. The van der Waals surface area contributed by atoms with Crippen molar-refractivity contribution in [3.05, 3.63) is 75.8 Å². The van der Waals surface area contributed by atoms with E-state index in [9.17, 15) is 4.79 Å². The normalized spacial score (nSPS) is 18.1. The van der Waals surface area contributed by atoms with Gasteiger partial charge in [0.1, 0.15) is 17.5 Å². The average molecular weight is 544 g/mol. The van der Waals surface area contributed by atoms with Crippen LogP contribution in [-0.4, -0.2) is 81.4 Å². The molecule has 1 atom stereocenters. The molecule has 2 aromatic heterocycles. The van der Waals surface area contributed by atoms with Crippen molar-refractivity contribution in [1.82, 2.24) is 35.0 Å². The van der Waals surface area contributed by atoms with Crippen molar-refractivity contribution < 1.29 is 9.47 Å². The van der Waals surface area contributed by atoms with Crippen molar-refractivity contribution in [2.24, 2.45) is 0 Å². The SMILES string of the molecule is COc1ccc(Cn2nnnc2[C@H](c2cc3ccc(OC)cc3[nH]c2=O)N2CCN(C3CCCCC3)CC2)cc1. The number of pyridine rings is 1. The van der Waals surface area contributed by atoms with Crippen molar-refractivity contribution in [2.45, 2.75) is 50.7 Å². The zero-order chi connectivity index (χ0) is 27.5. The molecule has 0 radical (unpaired) electrons. The highest BCUT2D eigenvalue weighted by Gasteiger charge is 2.34. The van der Waals surface area contributed by atoms with E-state index in [2.05, 4.69) is 30.3 Å². The Labute approximate surface area is 233 Å². The quantitative estimate of drug-likeness (QED) is 0.360. The summed E-state index contributed by atoms with van der Waals surface area (Å²) >= 11 is 0. The molecule has 3 heterocycles. The molecule has 0 unspecified atom stereocenters. The molecule has 10 heteroatoms. The zero-order valence-electron chi connectivity index (χ0n) is 23.3. The minimum atomic E-state index is -0.378. The maximum atomic E-state index is 13.6. The number of nitrogens with one attached hydrogen (secondary N) is 1. The highest BCUT2D eigenvalue weighted by atomic mass is 16.5. The van der Waals surface area contributed by atoms with Gasteiger partial charge in [0.15, 0.2) is 5.82 Å². The number of H-pyrrole nitrogens is 1. The van der Waals surface area contributed by atoms with E-state index in [1.807, 2.05) is 53.2 Å². The van der Waals surface area contributed by atoms with Crippen LogP contribution >= 0.6 is 0 Å². The molecule has 40 heavy (non-hydrogen) atoms. The number of aromatic nitrogens is 5. The predicted octanol–water partition coefficient (Wildman–Crippen LogP) is 3.62. The summed E-state index contributed by atoms with van der Waals surface area (Å²) in [4.78, 5) is 21.7. The lowest BCUT2D eigenvalue weighted by molar-refractivity contribution is 0.0618. The third kappa shape index (κ3) is 5.46. The van der Waals surface area contributed by atoms with Crippen molar-refractivity contribution in [3.63, 3.8) is 0 Å². The summed E-state index contributed by atoms with van der Waals surface area (Å²) in [5, 5.41) is 13.9. The van der Waals surface area contributed by atoms with Crippen LogP contribution in [0.4, 0.5) is 0 Å². The van der Waals surface area contributed by atoms with E-state index in [1.54, 1.807) is 14.2 Å². The molecule has 4 aromatic rings. The Morgan fingerprint density at radius 2 is 1.65 bits per heavy atom. The second-order valence-corrected chi connectivity index (χ2v) is 10.8. The summed E-state index contributed by atoms with van der Waals surface area (Å²) in [7, 11) is 3.28. The predicted molar refractivity (Wildman–Crippen MR) is 153 cm³/mol. The van der Waals surface area contributed by atoms with Gasteiger partial charge in [-0.2, -0.15) is 0 Å². The Morgan fingerprint density at radius 1 is 0.925 bits per heavy atom. The van der Waals surface area contributed by atoms with Gasteiger partial charge in [0.05, 0.1) is 26.3 Å². The fraction of sp³-hybridized carbons (Fsp3) is 0.467. The minimum Gasteiger partial charge on any atom is -0.497 e. The van der Waals surface area contributed by atoms with Gasteiger partial charge >= 0.3 is 0 Å². The summed E-state index contributed by atoms with van der Waals surface area (Å²) in [5.41, 5.74) is 2.30. The van der Waals surface area contributed by atoms with E-state index in [1.165, 1.54) is 32.1 Å². The molecule has 1 N–H and O–H groups in total. The lowest BCUT2D eigenvalue weighted by Gasteiger charge is -2.43. The molecule has 6 rings (SSSR count). The largest absolute Gasteiger partial charge is 0.497 e.